The normalized spacial score (nSPS) is 16.3. The topological polar surface area (TPSA) is 122 Å². The van der Waals surface area contributed by atoms with Crippen molar-refractivity contribution in [2.24, 2.45) is 0 Å². The number of thioether (sulfide) groups is 1. The standard InChI is InChI=1S/C25H16Cl2FN3O5S2.F2O/c26-18-7-3-14(9-19(18)27)12-31-20-8-6-16(38(35,36)30-15-4-1-13(11-28)2-5-15)10-17(20)21(24(31)33)22-23(32)29-25(34)37-22;1-3-2/h1-10,30H,11-12H2,(H,29,32,34);/b22-21-;. The Hall–Kier alpha value is -3.56. The molecule has 0 radical (unpaired) electrons. The van der Waals surface area contributed by atoms with Gasteiger partial charge in [-0.1, -0.05) is 41.4 Å². The number of halogens is 5. The molecule has 1 saturated heterocycles. The van der Waals surface area contributed by atoms with E-state index in [-0.39, 0.29) is 38.2 Å². The molecule has 3 aromatic rings. The van der Waals surface area contributed by atoms with Gasteiger partial charge in [-0.2, -0.15) is 0 Å². The smallest absolute Gasteiger partial charge is 0.290 e. The Bertz CT molecular complexity index is 1690. The highest BCUT2D eigenvalue weighted by atomic mass is 35.5. The van der Waals surface area contributed by atoms with Crippen LogP contribution in [0.2, 0.25) is 10.0 Å². The lowest BCUT2D eigenvalue weighted by Crippen LogP contribution is -2.26. The van der Waals surface area contributed by atoms with Gasteiger partial charge in [-0.25, -0.2) is 12.8 Å². The molecule has 0 unspecified atom stereocenters. The van der Waals surface area contributed by atoms with Crippen molar-refractivity contribution in [3.8, 4) is 0 Å². The van der Waals surface area contributed by atoms with E-state index in [1.54, 1.807) is 18.2 Å². The van der Waals surface area contributed by atoms with Crippen molar-refractivity contribution in [2.75, 3.05) is 9.62 Å². The number of hydrogen-bond acceptors (Lipinski definition) is 7. The number of amides is 3. The molecular weight excluding hydrogens is 630 g/mol. The fraction of sp³-hybridized carbons (Fsp3) is 0.0800. The predicted octanol–water partition coefficient (Wildman–Crippen LogP) is 6.28. The molecule has 2 N–H and O–H groups in total. The van der Waals surface area contributed by atoms with E-state index >= 15 is 0 Å². The van der Waals surface area contributed by atoms with Crippen LogP contribution >= 0.6 is 35.0 Å². The average molecular weight is 646 g/mol. The number of nitrogens with zero attached hydrogens (tertiary/aromatic N) is 1. The van der Waals surface area contributed by atoms with E-state index in [0.717, 1.165) is 0 Å². The predicted molar refractivity (Wildman–Crippen MR) is 148 cm³/mol. The van der Waals surface area contributed by atoms with E-state index in [1.165, 1.54) is 52.5 Å². The van der Waals surface area contributed by atoms with Crippen LogP contribution in [0.15, 0.2) is 70.5 Å². The number of alkyl halides is 1. The molecule has 0 aromatic heterocycles. The zero-order chi connectivity index (χ0) is 29.9. The fourth-order valence-electron chi connectivity index (χ4n) is 4.03. The van der Waals surface area contributed by atoms with Gasteiger partial charge < -0.3 is 4.90 Å². The summed E-state index contributed by atoms with van der Waals surface area (Å²) in [7, 11) is -4.13. The van der Waals surface area contributed by atoms with Gasteiger partial charge in [0, 0.05) is 16.4 Å². The van der Waals surface area contributed by atoms with Crippen LogP contribution in [0.1, 0.15) is 16.7 Å². The van der Waals surface area contributed by atoms with Crippen LogP contribution in [0.4, 0.5) is 29.6 Å². The van der Waals surface area contributed by atoms with Crippen molar-refractivity contribution in [3.63, 3.8) is 0 Å². The Labute approximate surface area is 245 Å². The highest BCUT2D eigenvalue weighted by Gasteiger charge is 2.40. The monoisotopic (exact) mass is 645 g/mol. The summed E-state index contributed by atoms with van der Waals surface area (Å²) in [5.74, 6) is -1.33. The lowest BCUT2D eigenvalue weighted by molar-refractivity contribution is -0.317. The van der Waals surface area contributed by atoms with Crippen molar-refractivity contribution in [1.82, 2.24) is 5.32 Å². The van der Waals surface area contributed by atoms with Crippen molar-refractivity contribution >= 4 is 79.0 Å². The summed E-state index contributed by atoms with van der Waals surface area (Å²) >= 11 is 12.7. The first-order chi connectivity index (χ1) is 19.5. The number of nitrogens with one attached hydrogen (secondary N) is 2. The molecule has 1 fully saturated rings. The minimum absolute atomic E-state index is 0.0466. The van der Waals surface area contributed by atoms with Gasteiger partial charge in [0.05, 0.1) is 37.7 Å². The number of anilines is 2. The molecule has 0 aliphatic carbocycles. The fourth-order valence-corrected chi connectivity index (χ4v) is 6.21. The van der Waals surface area contributed by atoms with Crippen LogP contribution < -0.4 is 14.9 Å². The lowest BCUT2D eigenvalue weighted by Gasteiger charge is -2.18. The second-order valence-corrected chi connectivity index (χ2v) is 11.8. The molecule has 2 aliphatic heterocycles. The summed E-state index contributed by atoms with van der Waals surface area (Å²) in [5, 5.41) is 3.36. The summed E-state index contributed by atoms with van der Waals surface area (Å²) in [6.45, 7) is -0.638. The number of carbonyl (C=O) groups excluding carboxylic acids is 3. The molecule has 3 aromatic carbocycles. The Balaban J connectivity index is 0.00000124. The van der Waals surface area contributed by atoms with Crippen molar-refractivity contribution in [2.45, 2.75) is 18.1 Å². The number of sulfonamides is 1. The average Bonchev–Trinajstić information content (AvgIpc) is 3.40. The highest BCUT2D eigenvalue weighted by Crippen LogP contribution is 2.44. The van der Waals surface area contributed by atoms with E-state index in [1.807, 2.05) is 0 Å². The Morgan fingerprint density at radius 1 is 0.927 bits per heavy atom. The van der Waals surface area contributed by atoms with Crippen LogP contribution in [0.3, 0.4) is 0 Å². The molecular formula is C25H16Cl2F3N3O6S2. The first kappa shape index (κ1) is 30.4. The molecule has 0 bridgehead atoms. The van der Waals surface area contributed by atoms with Crippen LogP contribution in [0, 0.1) is 0 Å². The molecule has 214 valence electrons. The third kappa shape index (κ3) is 6.52. The van der Waals surface area contributed by atoms with E-state index in [2.05, 4.69) is 10.0 Å². The van der Waals surface area contributed by atoms with Gasteiger partial charge in [0.1, 0.15) is 6.67 Å². The largest absolute Gasteiger partial charge is 0.303 e. The maximum atomic E-state index is 13.6. The van der Waals surface area contributed by atoms with E-state index in [9.17, 15) is 27.2 Å². The molecule has 2 aliphatic rings. The molecule has 16 heteroatoms. The number of benzene rings is 3. The third-order valence-corrected chi connectivity index (χ3v) is 8.83. The summed E-state index contributed by atoms with van der Waals surface area (Å²) < 4.78 is 59.8. The van der Waals surface area contributed by atoms with Gasteiger partial charge in [-0.05, 0) is 74.4 Å². The second-order valence-electron chi connectivity index (χ2n) is 8.36. The third-order valence-electron chi connectivity index (χ3n) is 5.83. The summed E-state index contributed by atoms with van der Waals surface area (Å²) in [5.41, 5.74) is 1.69. The molecule has 9 nitrogen and oxygen atoms in total. The van der Waals surface area contributed by atoms with Gasteiger partial charge in [-0.15, -0.1) is 0 Å². The minimum Gasteiger partial charge on any atom is -0.303 e. The zero-order valence-electron chi connectivity index (χ0n) is 20.3. The molecule has 0 atom stereocenters. The van der Waals surface area contributed by atoms with Crippen LogP contribution in [-0.4, -0.2) is 25.5 Å². The Morgan fingerprint density at radius 3 is 2.17 bits per heavy atom. The van der Waals surface area contributed by atoms with E-state index < -0.39 is 33.8 Å². The van der Waals surface area contributed by atoms with Crippen LogP contribution in [0.5, 0.6) is 0 Å². The zero-order valence-corrected chi connectivity index (χ0v) is 23.4. The summed E-state index contributed by atoms with van der Waals surface area (Å²) in [6.07, 6.45) is 0. The van der Waals surface area contributed by atoms with E-state index in [0.29, 0.717) is 33.6 Å². The molecule has 3 amide bonds. The number of rotatable bonds is 6. The molecule has 0 spiro atoms. The Morgan fingerprint density at radius 2 is 1.59 bits per heavy atom. The number of imide groups is 1. The summed E-state index contributed by atoms with van der Waals surface area (Å²) in [6, 6.07) is 14.7. The molecule has 41 heavy (non-hydrogen) atoms. The van der Waals surface area contributed by atoms with Crippen LogP contribution in [0.25, 0.3) is 5.57 Å². The highest BCUT2D eigenvalue weighted by molar-refractivity contribution is 8.18. The van der Waals surface area contributed by atoms with Gasteiger partial charge in [0.2, 0.25) is 0 Å². The number of hydrogen-bond donors (Lipinski definition) is 2. The SMILES string of the molecule is FOF.O=C1NC(=O)/C(=C2/C(=O)N(Cc3ccc(Cl)c(Cl)c3)c3ccc(S(=O)(=O)Nc4ccc(CF)cc4)cc32)S1. The number of fused-ring (bicyclic) bond motifs is 1. The van der Waals surface area contributed by atoms with Crippen molar-refractivity contribution in [3.05, 3.63) is 92.3 Å². The molecule has 2 heterocycles. The van der Waals surface area contributed by atoms with Crippen molar-refractivity contribution in [1.29, 1.82) is 0 Å². The molecule has 5 rings (SSSR count). The quantitative estimate of drug-likeness (QED) is 0.303. The van der Waals surface area contributed by atoms with Gasteiger partial charge in [-0.3, -0.25) is 24.4 Å². The Kier molecular flexibility index (Phi) is 9.29. The van der Waals surface area contributed by atoms with Crippen molar-refractivity contribution < 1.29 is 41.4 Å². The number of carbonyl (C=O) groups is 3. The van der Waals surface area contributed by atoms with Gasteiger partial charge in [0.15, 0.2) is 0 Å². The van der Waals surface area contributed by atoms with Crippen LogP contribution in [-0.2, 0) is 38.0 Å². The second kappa shape index (κ2) is 12.5. The van der Waals surface area contributed by atoms with Gasteiger partial charge >= 0.3 is 0 Å². The lowest BCUT2D eigenvalue weighted by atomic mass is 10.1. The maximum absolute atomic E-state index is 13.6. The van der Waals surface area contributed by atoms with E-state index in [4.69, 9.17) is 32.3 Å². The maximum Gasteiger partial charge on any atom is 0.290 e. The first-order valence-corrected chi connectivity index (χ1v) is 14.3. The molecule has 0 saturated carbocycles. The first-order valence-electron chi connectivity index (χ1n) is 11.2. The summed E-state index contributed by atoms with van der Waals surface area (Å²) in [4.78, 5) is 39.0. The minimum atomic E-state index is -4.13. The van der Waals surface area contributed by atoms with Gasteiger partial charge in [0.25, 0.3) is 27.1 Å².